The molecule has 0 aliphatic rings. The van der Waals surface area contributed by atoms with Crippen molar-refractivity contribution < 1.29 is 13.2 Å². The molecule has 1 unspecified atom stereocenters. The van der Waals surface area contributed by atoms with E-state index in [0.717, 1.165) is 6.26 Å². The molecule has 3 N–H and O–H groups in total. The Morgan fingerprint density at radius 2 is 2.00 bits per heavy atom. The zero-order valence-corrected chi connectivity index (χ0v) is 14.3. The molecule has 0 heterocycles. The number of sulfonamides is 1. The standard InChI is InChI=1S/C12H18ClN3O3S.ClH/c1-8(14-2)7-15-12(17)10-6-9(13)4-5-11(10)16-20(3,18)19;/h4-6,8,14,16H,7H2,1-3H3,(H,15,17);1H. The Hall–Kier alpha value is -1.02. The third-order valence-electron chi connectivity index (χ3n) is 2.58. The van der Waals surface area contributed by atoms with Gasteiger partial charge in [0.15, 0.2) is 0 Å². The van der Waals surface area contributed by atoms with Crippen LogP contribution in [0.2, 0.25) is 5.02 Å². The zero-order chi connectivity index (χ0) is 15.3. The maximum atomic E-state index is 12.1. The number of benzene rings is 1. The second kappa shape index (κ2) is 8.43. The van der Waals surface area contributed by atoms with Gasteiger partial charge in [0.05, 0.1) is 17.5 Å². The smallest absolute Gasteiger partial charge is 0.253 e. The molecule has 6 nitrogen and oxygen atoms in total. The highest BCUT2D eigenvalue weighted by Gasteiger charge is 2.15. The van der Waals surface area contributed by atoms with Gasteiger partial charge in [-0.2, -0.15) is 0 Å². The molecule has 9 heteroatoms. The van der Waals surface area contributed by atoms with Crippen molar-refractivity contribution in [3.05, 3.63) is 28.8 Å². The highest BCUT2D eigenvalue weighted by atomic mass is 35.5. The number of hydrogen-bond acceptors (Lipinski definition) is 4. The third-order valence-corrected chi connectivity index (χ3v) is 3.41. The van der Waals surface area contributed by atoms with Gasteiger partial charge in [0, 0.05) is 17.6 Å². The van der Waals surface area contributed by atoms with Crippen molar-refractivity contribution in [2.24, 2.45) is 0 Å². The molecule has 0 radical (unpaired) electrons. The fourth-order valence-electron chi connectivity index (χ4n) is 1.44. The third kappa shape index (κ3) is 6.99. The van der Waals surface area contributed by atoms with Crippen LogP contribution in [0.1, 0.15) is 17.3 Å². The monoisotopic (exact) mass is 355 g/mol. The Morgan fingerprint density at radius 1 is 1.38 bits per heavy atom. The van der Waals surface area contributed by atoms with Gasteiger partial charge in [-0.15, -0.1) is 12.4 Å². The minimum atomic E-state index is -3.47. The molecule has 0 spiro atoms. The van der Waals surface area contributed by atoms with Crippen molar-refractivity contribution in [2.75, 3.05) is 24.6 Å². The van der Waals surface area contributed by atoms with Gasteiger partial charge in [-0.1, -0.05) is 11.6 Å². The Kier molecular flexibility index (Phi) is 8.02. The summed E-state index contributed by atoms with van der Waals surface area (Å²) in [6, 6.07) is 4.50. The van der Waals surface area contributed by atoms with Crippen LogP contribution in [0.3, 0.4) is 0 Å². The Bertz CT molecular complexity index is 593. The lowest BCUT2D eigenvalue weighted by molar-refractivity contribution is 0.0951. The van der Waals surface area contributed by atoms with Crippen LogP contribution in [0.4, 0.5) is 5.69 Å². The lowest BCUT2D eigenvalue weighted by Gasteiger charge is -2.14. The predicted octanol–water partition coefficient (Wildman–Crippen LogP) is 1.47. The van der Waals surface area contributed by atoms with E-state index in [1.165, 1.54) is 18.2 Å². The summed E-state index contributed by atoms with van der Waals surface area (Å²) in [6.45, 7) is 2.33. The number of amides is 1. The van der Waals surface area contributed by atoms with Crippen LogP contribution < -0.4 is 15.4 Å². The number of carbonyl (C=O) groups is 1. The van der Waals surface area contributed by atoms with Crippen LogP contribution in [0.25, 0.3) is 0 Å². The normalized spacial score (nSPS) is 12.2. The molecule has 1 atom stereocenters. The number of likely N-dealkylation sites (N-methyl/N-ethyl adjacent to an activating group) is 1. The summed E-state index contributed by atoms with van der Waals surface area (Å²) in [5.41, 5.74) is 0.387. The second-order valence-corrected chi connectivity index (χ2v) is 6.65. The first kappa shape index (κ1) is 20.0. The van der Waals surface area contributed by atoms with E-state index in [1.54, 1.807) is 7.05 Å². The van der Waals surface area contributed by atoms with Gasteiger partial charge in [-0.3, -0.25) is 9.52 Å². The van der Waals surface area contributed by atoms with Gasteiger partial charge in [0.25, 0.3) is 5.91 Å². The first-order chi connectivity index (χ1) is 9.23. The molecular weight excluding hydrogens is 337 g/mol. The lowest BCUT2D eigenvalue weighted by Crippen LogP contribution is -2.37. The number of rotatable bonds is 6. The van der Waals surface area contributed by atoms with Crippen LogP contribution >= 0.6 is 24.0 Å². The van der Waals surface area contributed by atoms with Crippen molar-refractivity contribution in [3.63, 3.8) is 0 Å². The van der Waals surface area contributed by atoms with E-state index in [2.05, 4.69) is 15.4 Å². The molecule has 1 aromatic rings. The van der Waals surface area contributed by atoms with Crippen molar-refractivity contribution in [3.8, 4) is 0 Å². The first-order valence-corrected chi connectivity index (χ1v) is 8.22. The summed E-state index contributed by atoms with van der Waals surface area (Å²) in [7, 11) is -1.68. The van der Waals surface area contributed by atoms with E-state index in [4.69, 9.17) is 11.6 Å². The fourth-order valence-corrected chi connectivity index (χ4v) is 2.19. The van der Waals surface area contributed by atoms with E-state index < -0.39 is 10.0 Å². The highest BCUT2D eigenvalue weighted by Crippen LogP contribution is 2.21. The summed E-state index contributed by atoms with van der Waals surface area (Å²) in [6.07, 6.45) is 1.02. The van der Waals surface area contributed by atoms with Gasteiger partial charge in [0.1, 0.15) is 0 Å². The van der Waals surface area contributed by atoms with Gasteiger partial charge in [-0.25, -0.2) is 8.42 Å². The quantitative estimate of drug-likeness (QED) is 0.720. The lowest BCUT2D eigenvalue weighted by atomic mass is 10.1. The van der Waals surface area contributed by atoms with E-state index >= 15 is 0 Å². The van der Waals surface area contributed by atoms with Crippen LogP contribution in [0.5, 0.6) is 0 Å². The minimum absolute atomic E-state index is 0. The topological polar surface area (TPSA) is 87.3 Å². The minimum Gasteiger partial charge on any atom is -0.350 e. The molecule has 0 aliphatic carbocycles. The number of halogens is 2. The molecule has 0 aromatic heterocycles. The number of anilines is 1. The van der Waals surface area contributed by atoms with E-state index in [9.17, 15) is 13.2 Å². The van der Waals surface area contributed by atoms with Crippen LogP contribution in [0, 0.1) is 0 Å². The average molecular weight is 356 g/mol. The summed E-state index contributed by atoms with van der Waals surface area (Å²) in [5, 5.41) is 6.05. The second-order valence-electron chi connectivity index (χ2n) is 4.46. The maximum Gasteiger partial charge on any atom is 0.253 e. The molecule has 0 bridgehead atoms. The van der Waals surface area contributed by atoms with Crippen LogP contribution in [-0.2, 0) is 10.0 Å². The van der Waals surface area contributed by atoms with Gasteiger partial charge in [0.2, 0.25) is 10.0 Å². The number of hydrogen-bond donors (Lipinski definition) is 3. The van der Waals surface area contributed by atoms with E-state index in [-0.39, 0.29) is 35.6 Å². The number of nitrogens with one attached hydrogen (secondary N) is 3. The highest BCUT2D eigenvalue weighted by molar-refractivity contribution is 7.92. The van der Waals surface area contributed by atoms with Gasteiger partial charge in [-0.05, 0) is 32.2 Å². The van der Waals surface area contributed by atoms with Gasteiger partial charge >= 0.3 is 0 Å². The molecule has 1 aromatic carbocycles. The summed E-state index contributed by atoms with van der Waals surface area (Å²) in [4.78, 5) is 12.1. The largest absolute Gasteiger partial charge is 0.350 e. The first-order valence-electron chi connectivity index (χ1n) is 5.95. The number of carbonyl (C=O) groups excluding carboxylic acids is 1. The zero-order valence-electron chi connectivity index (χ0n) is 11.9. The molecule has 1 amide bonds. The Labute approximate surface area is 136 Å². The van der Waals surface area contributed by atoms with Gasteiger partial charge < -0.3 is 10.6 Å². The molecule has 0 saturated carbocycles. The Balaban J connectivity index is 0.00000400. The Morgan fingerprint density at radius 3 is 2.52 bits per heavy atom. The molecule has 0 fully saturated rings. The van der Waals surface area contributed by atoms with E-state index in [1.807, 2.05) is 6.92 Å². The predicted molar refractivity (Wildman–Crippen MR) is 88.0 cm³/mol. The van der Waals surface area contributed by atoms with Crippen LogP contribution in [-0.4, -0.2) is 40.2 Å². The molecule has 1 rings (SSSR count). The fraction of sp³-hybridized carbons (Fsp3) is 0.417. The molecule has 0 saturated heterocycles. The molecule has 0 aliphatic heterocycles. The van der Waals surface area contributed by atoms with Crippen LogP contribution in [0.15, 0.2) is 18.2 Å². The maximum absolute atomic E-state index is 12.1. The molecular formula is C12H19Cl2N3O3S. The molecule has 21 heavy (non-hydrogen) atoms. The van der Waals surface area contributed by atoms with Crippen molar-refractivity contribution in [2.45, 2.75) is 13.0 Å². The summed E-state index contributed by atoms with van der Waals surface area (Å²) >= 11 is 5.85. The van der Waals surface area contributed by atoms with E-state index in [0.29, 0.717) is 11.6 Å². The summed E-state index contributed by atoms with van der Waals surface area (Å²) in [5.74, 6) is -0.388. The van der Waals surface area contributed by atoms with Crippen molar-refractivity contribution >= 4 is 45.6 Å². The summed E-state index contributed by atoms with van der Waals surface area (Å²) < 4.78 is 24.9. The van der Waals surface area contributed by atoms with Crippen molar-refractivity contribution in [1.29, 1.82) is 0 Å². The van der Waals surface area contributed by atoms with Crippen molar-refractivity contribution in [1.82, 2.24) is 10.6 Å². The molecule has 120 valence electrons. The average Bonchev–Trinajstić information content (AvgIpc) is 2.36. The SMILES string of the molecule is CNC(C)CNC(=O)c1cc(Cl)ccc1NS(C)(=O)=O.Cl.